The van der Waals surface area contributed by atoms with Gasteiger partial charge in [0.15, 0.2) is 5.82 Å². The number of aromatic nitrogens is 1. The topological polar surface area (TPSA) is 105 Å². The van der Waals surface area contributed by atoms with E-state index in [1.165, 1.54) is 0 Å². The maximum Gasteiger partial charge on any atom is 0.407 e. The molecule has 3 N–H and O–H groups in total. The number of para-hydroxylation sites is 1. The van der Waals surface area contributed by atoms with Crippen LogP contribution in [0.2, 0.25) is 10.0 Å². The summed E-state index contributed by atoms with van der Waals surface area (Å²) in [6.07, 6.45) is -0.873. The fourth-order valence-corrected chi connectivity index (χ4v) is 4.57. The molecule has 1 aromatic heterocycles. The number of nitrogens with one attached hydrogen (secondary N) is 3. The second-order valence-corrected chi connectivity index (χ2v) is 11.8. The Balaban J connectivity index is 1.92. The Labute approximate surface area is 232 Å². The van der Waals surface area contributed by atoms with Crippen LogP contribution in [0.25, 0.3) is 0 Å². The summed E-state index contributed by atoms with van der Waals surface area (Å²) in [5.41, 5.74) is -0.565. The van der Waals surface area contributed by atoms with Gasteiger partial charge in [-0.3, -0.25) is 0 Å². The van der Waals surface area contributed by atoms with E-state index in [0.717, 1.165) is 0 Å². The van der Waals surface area contributed by atoms with Gasteiger partial charge >= 0.3 is 12.2 Å². The molecular weight excluding hydrogens is 536 g/mol. The summed E-state index contributed by atoms with van der Waals surface area (Å²) >= 11 is 13.1. The van der Waals surface area contributed by atoms with Crippen LogP contribution in [-0.4, -0.2) is 53.5 Å². The third-order valence-electron chi connectivity index (χ3n) is 5.26. The van der Waals surface area contributed by atoms with E-state index in [1.54, 1.807) is 58.6 Å². The summed E-state index contributed by atoms with van der Waals surface area (Å²) in [5.74, 6) is -0.836. The number of hydrogen-bond donors (Lipinski definition) is 3. The van der Waals surface area contributed by atoms with Crippen LogP contribution < -0.4 is 20.9 Å². The maximum absolute atomic E-state index is 14.9. The summed E-state index contributed by atoms with van der Waals surface area (Å²) in [4.78, 5) is 30.7. The quantitative estimate of drug-likeness (QED) is 0.364. The highest BCUT2D eigenvalue weighted by Gasteiger charge is 2.34. The first-order valence-corrected chi connectivity index (χ1v) is 13.0. The minimum atomic E-state index is -0.914. The fraction of sp³-hybridized carbons (Fsp3) is 0.500. The van der Waals surface area contributed by atoms with Crippen molar-refractivity contribution >= 4 is 52.6 Å². The van der Waals surface area contributed by atoms with Crippen LogP contribution in [0.3, 0.4) is 0 Å². The van der Waals surface area contributed by atoms with E-state index in [4.69, 9.17) is 32.7 Å². The molecule has 0 spiro atoms. The Morgan fingerprint density at radius 3 is 1.89 bits per heavy atom. The van der Waals surface area contributed by atoms with Crippen molar-refractivity contribution in [2.24, 2.45) is 0 Å². The highest BCUT2D eigenvalue weighted by atomic mass is 35.5. The van der Waals surface area contributed by atoms with Crippen molar-refractivity contribution < 1.29 is 23.5 Å². The van der Waals surface area contributed by atoms with Crippen LogP contribution in [0.4, 0.5) is 31.2 Å². The van der Waals surface area contributed by atoms with Gasteiger partial charge in [-0.2, -0.15) is 9.37 Å². The van der Waals surface area contributed by atoms with Gasteiger partial charge in [0, 0.05) is 18.8 Å². The average molecular weight is 570 g/mol. The molecule has 2 amide bonds. The van der Waals surface area contributed by atoms with Gasteiger partial charge in [0.05, 0.1) is 17.8 Å². The number of piperidine rings is 1. The van der Waals surface area contributed by atoms with Gasteiger partial charge in [-0.15, -0.1) is 0 Å². The first-order chi connectivity index (χ1) is 17.6. The monoisotopic (exact) mass is 569 g/mol. The summed E-state index contributed by atoms with van der Waals surface area (Å²) in [6.45, 7) is 11.0. The Morgan fingerprint density at radius 2 is 1.42 bits per heavy atom. The smallest absolute Gasteiger partial charge is 0.407 e. The lowest BCUT2D eigenvalue weighted by molar-refractivity contribution is 0.0476. The minimum Gasteiger partial charge on any atom is -0.444 e. The zero-order chi connectivity index (χ0) is 28.3. The number of ether oxygens (including phenoxy) is 2. The number of halogens is 3. The van der Waals surface area contributed by atoms with Crippen LogP contribution in [0.15, 0.2) is 30.3 Å². The third-order valence-corrected chi connectivity index (χ3v) is 5.95. The molecule has 0 saturated carbocycles. The number of carbonyl (C=O) groups is 2. The fourth-order valence-electron chi connectivity index (χ4n) is 3.96. The van der Waals surface area contributed by atoms with Crippen LogP contribution >= 0.6 is 23.2 Å². The molecule has 38 heavy (non-hydrogen) atoms. The van der Waals surface area contributed by atoms with Crippen LogP contribution in [-0.2, 0) is 9.47 Å². The summed E-state index contributed by atoms with van der Waals surface area (Å²) < 4.78 is 25.7. The standard InChI is InChI=1S/C26H34Cl2FN5O4/c1-25(2,3)37-23(35)31-16-12-17(32-24(36)38-26(4,5)6)14-34(13-16)20-18(27)21(29)33-22(19(20)28)30-15-10-8-7-9-11-15/h7-11,16-17H,12-14H2,1-6H3,(H,30,33)(H,31,35)(H,32,36). The second kappa shape index (κ2) is 11.8. The van der Waals surface area contributed by atoms with Crippen molar-refractivity contribution in [1.82, 2.24) is 15.6 Å². The molecule has 0 radical (unpaired) electrons. The van der Waals surface area contributed by atoms with Crippen LogP contribution in [0.1, 0.15) is 48.0 Å². The number of pyridine rings is 1. The highest BCUT2D eigenvalue weighted by molar-refractivity contribution is 6.40. The molecule has 1 aliphatic rings. The number of alkyl carbamates (subject to hydrolysis) is 2. The number of benzene rings is 1. The van der Waals surface area contributed by atoms with Gasteiger partial charge in [-0.25, -0.2) is 9.59 Å². The maximum atomic E-state index is 14.9. The van der Waals surface area contributed by atoms with Crippen molar-refractivity contribution in [2.45, 2.75) is 71.2 Å². The molecular formula is C26H34Cl2FN5O4. The summed E-state index contributed by atoms with van der Waals surface area (Å²) in [6, 6.07) is 8.05. The molecule has 1 aromatic carbocycles. The average Bonchev–Trinajstić information content (AvgIpc) is 2.75. The van der Waals surface area contributed by atoms with Gasteiger partial charge in [-0.05, 0) is 60.1 Å². The first-order valence-electron chi connectivity index (χ1n) is 12.2. The SMILES string of the molecule is CC(C)(C)OC(=O)NC1CC(NC(=O)OC(C)(C)C)CN(c2c(Cl)c(F)nc(Nc3ccccc3)c2Cl)C1. The molecule has 3 rings (SSSR count). The van der Waals surface area contributed by atoms with Crippen LogP contribution in [0.5, 0.6) is 0 Å². The normalized spacial score (nSPS) is 18.0. The molecule has 2 aromatic rings. The largest absolute Gasteiger partial charge is 0.444 e. The third kappa shape index (κ3) is 8.52. The van der Waals surface area contributed by atoms with Gasteiger partial charge < -0.3 is 30.3 Å². The molecule has 0 aliphatic carbocycles. The first kappa shape index (κ1) is 29.6. The Kier molecular flexibility index (Phi) is 9.20. The Hall–Kier alpha value is -2.98. The number of nitrogens with zero attached hydrogens (tertiary/aromatic N) is 2. The lowest BCUT2D eigenvalue weighted by Gasteiger charge is -2.40. The van der Waals surface area contributed by atoms with E-state index in [1.807, 2.05) is 18.2 Å². The number of hydrogen-bond acceptors (Lipinski definition) is 7. The predicted molar refractivity (Wildman–Crippen MR) is 147 cm³/mol. The summed E-state index contributed by atoms with van der Waals surface area (Å²) in [5, 5.41) is 8.48. The molecule has 1 fully saturated rings. The van der Waals surface area contributed by atoms with E-state index in [9.17, 15) is 14.0 Å². The molecule has 2 atom stereocenters. The van der Waals surface area contributed by atoms with Crippen molar-refractivity contribution in [1.29, 1.82) is 0 Å². The predicted octanol–water partition coefficient (Wildman–Crippen LogP) is 6.27. The van der Waals surface area contributed by atoms with Crippen LogP contribution in [0, 0.1) is 5.95 Å². The van der Waals surface area contributed by atoms with Crippen molar-refractivity contribution in [3.63, 3.8) is 0 Å². The molecule has 1 saturated heterocycles. The van der Waals surface area contributed by atoms with E-state index in [-0.39, 0.29) is 34.6 Å². The lowest BCUT2D eigenvalue weighted by Crippen LogP contribution is -2.58. The molecule has 208 valence electrons. The molecule has 9 nitrogen and oxygen atoms in total. The van der Waals surface area contributed by atoms with Crippen molar-refractivity contribution in [3.8, 4) is 0 Å². The highest BCUT2D eigenvalue weighted by Crippen LogP contribution is 2.41. The lowest BCUT2D eigenvalue weighted by atomic mass is 10.00. The van der Waals surface area contributed by atoms with Crippen molar-refractivity contribution in [3.05, 3.63) is 46.3 Å². The Bertz CT molecular complexity index is 1120. The molecule has 2 heterocycles. The second-order valence-electron chi connectivity index (χ2n) is 11.0. The zero-order valence-corrected chi connectivity index (χ0v) is 23.8. The number of carbonyl (C=O) groups excluding carboxylic acids is 2. The number of anilines is 3. The van der Waals surface area contributed by atoms with E-state index in [2.05, 4.69) is 20.9 Å². The van der Waals surface area contributed by atoms with E-state index in [0.29, 0.717) is 12.1 Å². The van der Waals surface area contributed by atoms with Crippen molar-refractivity contribution in [2.75, 3.05) is 23.3 Å². The molecule has 0 bridgehead atoms. The van der Waals surface area contributed by atoms with E-state index >= 15 is 0 Å². The molecule has 1 aliphatic heterocycles. The van der Waals surface area contributed by atoms with E-state index < -0.39 is 41.4 Å². The van der Waals surface area contributed by atoms with Gasteiger partial charge in [0.2, 0.25) is 5.95 Å². The van der Waals surface area contributed by atoms with Gasteiger partial charge in [-0.1, -0.05) is 41.4 Å². The number of amides is 2. The number of rotatable bonds is 5. The minimum absolute atomic E-state index is 0.0774. The summed E-state index contributed by atoms with van der Waals surface area (Å²) in [7, 11) is 0. The van der Waals surface area contributed by atoms with Gasteiger partial charge in [0.1, 0.15) is 21.2 Å². The molecule has 12 heteroatoms. The Morgan fingerprint density at radius 1 is 0.921 bits per heavy atom. The van der Waals surface area contributed by atoms with Gasteiger partial charge in [0.25, 0.3) is 0 Å². The molecule has 2 unspecified atom stereocenters. The zero-order valence-electron chi connectivity index (χ0n) is 22.3.